The molecule has 1 aromatic heterocycles. The van der Waals surface area contributed by atoms with E-state index in [0.29, 0.717) is 18.4 Å². The van der Waals surface area contributed by atoms with Crippen LogP contribution in [0.25, 0.3) is 0 Å². The number of Topliss-reactive ketones (excluding diaryl/α,β-unsaturated/α-hetero) is 1. The van der Waals surface area contributed by atoms with Gasteiger partial charge in [0.15, 0.2) is 11.4 Å². The summed E-state index contributed by atoms with van der Waals surface area (Å²) in [6.45, 7) is -1.21. The van der Waals surface area contributed by atoms with E-state index in [1.54, 1.807) is 12.1 Å². The summed E-state index contributed by atoms with van der Waals surface area (Å²) in [5, 5.41) is 28.2. The van der Waals surface area contributed by atoms with Crippen LogP contribution in [0, 0.1) is 5.82 Å². The molecule has 0 fully saturated rings. The monoisotopic (exact) mass is 305 g/mol. The Hall–Kier alpha value is -2.31. The molecule has 2 aromatic rings. The summed E-state index contributed by atoms with van der Waals surface area (Å²) in [7, 11) is 0. The van der Waals surface area contributed by atoms with E-state index >= 15 is 0 Å². The van der Waals surface area contributed by atoms with E-state index in [1.807, 2.05) is 0 Å². The third kappa shape index (κ3) is 3.47. The minimum atomic E-state index is -0.764. The Balaban J connectivity index is 2.22. The van der Waals surface area contributed by atoms with Crippen molar-refractivity contribution in [2.45, 2.75) is 19.4 Å². The summed E-state index contributed by atoms with van der Waals surface area (Å²) in [5.74, 6) is -1.43. The van der Waals surface area contributed by atoms with Crippen molar-refractivity contribution in [2.24, 2.45) is 0 Å². The number of halogens is 1. The number of aliphatic hydroxyl groups excluding tert-OH is 2. The molecule has 0 unspecified atom stereocenters. The number of hydrogen-bond donors (Lipinski definition) is 3. The molecule has 22 heavy (non-hydrogen) atoms. The lowest BCUT2D eigenvalue weighted by Gasteiger charge is -2.11. The highest BCUT2D eigenvalue weighted by Gasteiger charge is 2.18. The molecule has 5 nitrogen and oxygen atoms in total. The number of aromatic nitrogens is 1. The summed E-state index contributed by atoms with van der Waals surface area (Å²) in [6.07, 6.45) is 2.44. The van der Waals surface area contributed by atoms with Crippen LogP contribution in [0.3, 0.4) is 0 Å². The Morgan fingerprint density at radius 2 is 1.82 bits per heavy atom. The zero-order valence-electron chi connectivity index (χ0n) is 11.8. The Labute approximate surface area is 126 Å². The fourth-order valence-electron chi connectivity index (χ4n) is 2.18. The highest BCUT2D eigenvalue weighted by Crippen LogP contribution is 2.25. The summed E-state index contributed by atoms with van der Waals surface area (Å²) >= 11 is 0. The number of aliphatic hydroxyl groups is 2. The van der Waals surface area contributed by atoms with Gasteiger partial charge < -0.3 is 15.3 Å². The van der Waals surface area contributed by atoms with Gasteiger partial charge in [-0.2, -0.15) is 0 Å². The molecule has 116 valence electrons. The average Bonchev–Trinajstić information content (AvgIpc) is 2.53. The molecule has 0 bridgehead atoms. The Bertz CT molecular complexity index is 671. The summed E-state index contributed by atoms with van der Waals surface area (Å²) < 4.78 is 12.8. The lowest BCUT2D eigenvalue weighted by molar-refractivity contribution is 0.0895. The molecule has 1 heterocycles. The van der Waals surface area contributed by atoms with Gasteiger partial charge in [-0.25, -0.2) is 9.37 Å². The lowest BCUT2D eigenvalue weighted by atomic mass is 10.00. The van der Waals surface area contributed by atoms with Gasteiger partial charge in [0.25, 0.3) is 0 Å². The van der Waals surface area contributed by atoms with Gasteiger partial charge >= 0.3 is 0 Å². The first-order valence-corrected chi connectivity index (χ1v) is 6.76. The maximum atomic E-state index is 12.8. The first-order chi connectivity index (χ1) is 10.6. The van der Waals surface area contributed by atoms with Crippen LogP contribution in [-0.4, -0.2) is 32.7 Å². The number of nitrogens with zero attached hydrogens (tertiary/aromatic N) is 1. The third-order valence-electron chi connectivity index (χ3n) is 3.41. The zero-order valence-corrected chi connectivity index (χ0v) is 11.8. The van der Waals surface area contributed by atoms with Crippen molar-refractivity contribution in [3.8, 4) is 5.75 Å². The zero-order chi connectivity index (χ0) is 16.1. The van der Waals surface area contributed by atoms with Crippen LogP contribution in [-0.2, 0) is 19.4 Å². The minimum absolute atomic E-state index is 0.217. The molecule has 0 aliphatic heterocycles. The minimum Gasteiger partial charge on any atom is -0.505 e. The maximum Gasteiger partial charge on any atom is 0.210 e. The highest BCUT2D eigenvalue weighted by molar-refractivity contribution is 5.97. The second-order valence-corrected chi connectivity index (χ2v) is 4.83. The normalized spacial score (nSPS) is 10.7. The highest BCUT2D eigenvalue weighted by atomic mass is 19.1. The molecule has 2 rings (SSSR count). The van der Waals surface area contributed by atoms with Crippen LogP contribution in [0.15, 0.2) is 30.5 Å². The van der Waals surface area contributed by atoms with Crippen LogP contribution in [0.1, 0.15) is 27.2 Å². The number of aryl methyl sites for hydroxylation is 2. The number of rotatable bonds is 6. The average molecular weight is 305 g/mol. The molecule has 1 aromatic carbocycles. The molecular weight excluding hydrogens is 289 g/mol. The second-order valence-electron chi connectivity index (χ2n) is 4.83. The fourth-order valence-corrected chi connectivity index (χ4v) is 2.18. The molecule has 0 radical (unpaired) electrons. The van der Waals surface area contributed by atoms with E-state index in [9.17, 15) is 19.4 Å². The lowest BCUT2D eigenvalue weighted by Crippen LogP contribution is -2.10. The van der Waals surface area contributed by atoms with Crippen molar-refractivity contribution in [3.05, 3.63) is 58.7 Å². The number of aromatic hydroxyl groups is 1. The van der Waals surface area contributed by atoms with E-state index in [1.165, 1.54) is 18.3 Å². The van der Waals surface area contributed by atoms with Crippen molar-refractivity contribution in [1.82, 2.24) is 4.98 Å². The van der Waals surface area contributed by atoms with Gasteiger partial charge in [0.1, 0.15) is 12.4 Å². The number of ketones is 1. The molecular formula is C16H16FNO4. The molecule has 3 N–H and O–H groups in total. The maximum absolute atomic E-state index is 12.8. The molecule has 0 atom stereocenters. The first-order valence-electron chi connectivity index (χ1n) is 6.76. The van der Waals surface area contributed by atoms with Crippen molar-refractivity contribution < 1.29 is 24.5 Å². The van der Waals surface area contributed by atoms with Crippen molar-refractivity contribution in [1.29, 1.82) is 0 Å². The predicted molar refractivity (Wildman–Crippen MR) is 77.0 cm³/mol. The predicted octanol–water partition coefficient (Wildman–Crippen LogP) is 1.38. The smallest absolute Gasteiger partial charge is 0.210 e. The van der Waals surface area contributed by atoms with Gasteiger partial charge in [-0.1, -0.05) is 12.1 Å². The van der Waals surface area contributed by atoms with Crippen LogP contribution in [0.4, 0.5) is 4.39 Å². The fraction of sp³-hybridized carbons (Fsp3) is 0.250. The van der Waals surface area contributed by atoms with Crippen LogP contribution < -0.4 is 0 Å². The SMILES string of the molecule is O=C(CO)c1ncc(CCc2ccc(F)cc2)c(CO)c1O. The summed E-state index contributed by atoms with van der Waals surface area (Å²) in [5.41, 5.74) is 1.46. The molecule has 0 saturated heterocycles. The van der Waals surface area contributed by atoms with E-state index in [-0.39, 0.29) is 17.1 Å². The van der Waals surface area contributed by atoms with Crippen molar-refractivity contribution in [2.75, 3.05) is 6.61 Å². The van der Waals surface area contributed by atoms with E-state index in [4.69, 9.17) is 5.11 Å². The van der Waals surface area contributed by atoms with Crippen molar-refractivity contribution in [3.63, 3.8) is 0 Å². The van der Waals surface area contributed by atoms with Crippen LogP contribution in [0.2, 0.25) is 0 Å². The number of carbonyl (C=O) groups is 1. The van der Waals surface area contributed by atoms with Gasteiger partial charge in [0, 0.05) is 11.8 Å². The number of benzene rings is 1. The van der Waals surface area contributed by atoms with Crippen LogP contribution in [0.5, 0.6) is 5.75 Å². The Kier molecular flexibility index (Phi) is 5.19. The van der Waals surface area contributed by atoms with Gasteiger partial charge in [0.05, 0.1) is 6.61 Å². The Morgan fingerprint density at radius 3 is 2.41 bits per heavy atom. The van der Waals surface area contributed by atoms with Gasteiger partial charge in [0.2, 0.25) is 5.78 Å². The summed E-state index contributed by atoms with van der Waals surface area (Å²) in [6, 6.07) is 6.04. The summed E-state index contributed by atoms with van der Waals surface area (Å²) in [4.78, 5) is 15.3. The van der Waals surface area contributed by atoms with Gasteiger partial charge in [-0.3, -0.25) is 4.79 Å². The first kappa shape index (κ1) is 16.1. The quantitative estimate of drug-likeness (QED) is 0.701. The number of carbonyl (C=O) groups excluding carboxylic acids is 1. The molecule has 0 aliphatic rings. The largest absolute Gasteiger partial charge is 0.505 e. The second kappa shape index (κ2) is 7.11. The topological polar surface area (TPSA) is 90.7 Å². The van der Waals surface area contributed by atoms with E-state index in [2.05, 4.69) is 4.98 Å². The van der Waals surface area contributed by atoms with Crippen LogP contribution >= 0.6 is 0 Å². The molecule has 0 aliphatic carbocycles. The molecule has 6 heteroatoms. The standard InChI is InChI=1S/C16H16FNO4/c17-12-5-2-10(3-6-12)1-4-11-7-18-15(14(21)9-20)16(22)13(11)8-19/h2-3,5-7,19-20,22H,1,4,8-9H2. The third-order valence-corrected chi connectivity index (χ3v) is 3.41. The van der Waals surface area contributed by atoms with Gasteiger partial charge in [-0.05, 0) is 36.1 Å². The van der Waals surface area contributed by atoms with Gasteiger partial charge in [-0.15, -0.1) is 0 Å². The van der Waals surface area contributed by atoms with Crippen molar-refractivity contribution >= 4 is 5.78 Å². The molecule has 0 spiro atoms. The van der Waals surface area contributed by atoms with E-state index < -0.39 is 24.7 Å². The molecule has 0 amide bonds. The number of hydrogen-bond acceptors (Lipinski definition) is 5. The van der Waals surface area contributed by atoms with E-state index in [0.717, 1.165) is 5.56 Å². The Morgan fingerprint density at radius 1 is 1.14 bits per heavy atom. The number of pyridine rings is 1. The molecule has 0 saturated carbocycles.